The molecule has 1 amide bonds. The molecule has 2 aromatic rings. The van der Waals surface area contributed by atoms with Crippen LogP contribution in [0.3, 0.4) is 0 Å². The van der Waals surface area contributed by atoms with Gasteiger partial charge in [-0.1, -0.05) is 23.7 Å². The molecule has 2 rings (SSSR count). The number of amides is 1. The number of nitrogens with one attached hydrogen (secondary N) is 1. The van der Waals surface area contributed by atoms with Crippen molar-refractivity contribution in [1.82, 2.24) is 0 Å². The Labute approximate surface area is 169 Å². The number of aryl methyl sites for hydroxylation is 1. The van der Waals surface area contributed by atoms with E-state index in [1.807, 2.05) is 31.2 Å². The lowest BCUT2D eigenvalue weighted by atomic mass is 10.2. The fourth-order valence-electron chi connectivity index (χ4n) is 2.43. The van der Waals surface area contributed by atoms with Crippen molar-refractivity contribution in [2.75, 3.05) is 19.0 Å². The monoisotopic (exact) mass is 405 g/mol. The second kappa shape index (κ2) is 10.6. The predicted octanol–water partition coefficient (Wildman–Crippen LogP) is 4.39. The van der Waals surface area contributed by atoms with Gasteiger partial charge in [-0.05, 0) is 56.2 Å². The van der Waals surface area contributed by atoms with Crippen molar-refractivity contribution in [1.29, 1.82) is 0 Å². The standard InChI is InChI=1S/C21H24ClNO5/c1-14-6-4-7-17(12-14)27-11-5-8-20(24)28-15(2)21(25)23-18-13-16(22)9-10-19(18)26-3/h4,6-7,9-10,12-13,15H,5,8,11H2,1-3H3,(H,23,25)/t15-/m1/s1. The molecule has 0 aliphatic heterocycles. The van der Waals surface area contributed by atoms with Gasteiger partial charge in [0, 0.05) is 11.4 Å². The molecule has 6 nitrogen and oxygen atoms in total. The van der Waals surface area contributed by atoms with E-state index in [2.05, 4.69) is 5.32 Å². The predicted molar refractivity (Wildman–Crippen MR) is 108 cm³/mol. The van der Waals surface area contributed by atoms with Crippen LogP contribution in [0.5, 0.6) is 11.5 Å². The zero-order valence-electron chi connectivity index (χ0n) is 16.2. The van der Waals surface area contributed by atoms with Crippen LogP contribution in [-0.4, -0.2) is 31.7 Å². The fraction of sp³-hybridized carbons (Fsp3) is 0.333. The topological polar surface area (TPSA) is 73.9 Å². The molecule has 0 heterocycles. The summed E-state index contributed by atoms with van der Waals surface area (Å²) in [6.45, 7) is 3.88. The Morgan fingerprint density at radius 3 is 2.68 bits per heavy atom. The number of rotatable bonds is 9. The summed E-state index contributed by atoms with van der Waals surface area (Å²) in [5, 5.41) is 3.10. The molecule has 0 saturated heterocycles. The average molecular weight is 406 g/mol. The van der Waals surface area contributed by atoms with E-state index in [1.54, 1.807) is 18.2 Å². The maximum atomic E-state index is 12.3. The van der Waals surface area contributed by atoms with Gasteiger partial charge in [0.25, 0.3) is 5.91 Å². The quantitative estimate of drug-likeness (QED) is 0.494. The van der Waals surface area contributed by atoms with Gasteiger partial charge in [0.1, 0.15) is 11.5 Å². The SMILES string of the molecule is COc1ccc(Cl)cc1NC(=O)[C@@H](C)OC(=O)CCCOc1cccc(C)c1. The largest absolute Gasteiger partial charge is 0.495 e. The molecule has 7 heteroatoms. The van der Waals surface area contributed by atoms with Gasteiger partial charge in [-0.2, -0.15) is 0 Å². The highest BCUT2D eigenvalue weighted by molar-refractivity contribution is 6.31. The Morgan fingerprint density at radius 2 is 1.96 bits per heavy atom. The molecular formula is C21H24ClNO5. The van der Waals surface area contributed by atoms with E-state index in [0.717, 1.165) is 11.3 Å². The van der Waals surface area contributed by atoms with Crippen molar-refractivity contribution < 1.29 is 23.8 Å². The maximum absolute atomic E-state index is 12.3. The van der Waals surface area contributed by atoms with Crippen molar-refractivity contribution >= 4 is 29.2 Å². The molecule has 0 aliphatic carbocycles. The number of esters is 1. The lowest BCUT2D eigenvalue weighted by molar-refractivity contribution is -0.153. The first-order valence-electron chi connectivity index (χ1n) is 8.92. The highest BCUT2D eigenvalue weighted by Crippen LogP contribution is 2.27. The first kappa shape index (κ1) is 21.6. The fourth-order valence-corrected chi connectivity index (χ4v) is 2.61. The zero-order chi connectivity index (χ0) is 20.5. The van der Waals surface area contributed by atoms with Crippen molar-refractivity contribution in [3.05, 3.63) is 53.1 Å². The van der Waals surface area contributed by atoms with Gasteiger partial charge in [-0.15, -0.1) is 0 Å². The molecule has 1 atom stereocenters. The summed E-state index contributed by atoms with van der Waals surface area (Å²) in [5.74, 6) is 0.291. The van der Waals surface area contributed by atoms with E-state index >= 15 is 0 Å². The minimum atomic E-state index is -0.950. The van der Waals surface area contributed by atoms with Crippen LogP contribution in [0, 0.1) is 6.92 Å². The summed E-state index contributed by atoms with van der Waals surface area (Å²) in [7, 11) is 1.49. The van der Waals surface area contributed by atoms with Crippen molar-refractivity contribution in [2.45, 2.75) is 32.8 Å². The van der Waals surface area contributed by atoms with Crippen molar-refractivity contribution in [3.8, 4) is 11.5 Å². The summed E-state index contributed by atoms with van der Waals surface area (Å²) in [6.07, 6.45) is -0.304. The number of ether oxygens (including phenoxy) is 3. The minimum Gasteiger partial charge on any atom is -0.495 e. The number of hydrogen-bond donors (Lipinski definition) is 1. The smallest absolute Gasteiger partial charge is 0.306 e. The molecule has 0 unspecified atom stereocenters. The van der Waals surface area contributed by atoms with E-state index in [4.69, 9.17) is 25.8 Å². The lowest BCUT2D eigenvalue weighted by Crippen LogP contribution is -2.30. The van der Waals surface area contributed by atoms with Crippen molar-refractivity contribution in [2.24, 2.45) is 0 Å². The Balaban J connectivity index is 1.75. The van der Waals surface area contributed by atoms with Gasteiger partial charge in [-0.25, -0.2) is 0 Å². The molecule has 1 N–H and O–H groups in total. The lowest BCUT2D eigenvalue weighted by Gasteiger charge is -2.15. The normalized spacial score (nSPS) is 11.4. The first-order valence-corrected chi connectivity index (χ1v) is 9.30. The summed E-state index contributed by atoms with van der Waals surface area (Å²) >= 11 is 5.94. The van der Waals surface area contributed by atoms with Crippen LogP contribution in [-0.2, 0) is 14.3 Å². The second-order valence-electron chi connectivity index (χ2n) is 6.23. The van der Waals surface area contributed by atoms with Crippen LogP contribution in [0.15, 0.2) is 42.5 Å². The number of anilines is 1. The molecule has 150 valence electrons. The first-order chi connectivity index (χ1) is 13.4. The molecule has 0 saturated carbocycles. The van der Waals surface area contributed by atoms with E-state index in [1.165, 1.54) is 14.0 Å². The Kier molecular flexibility index (Phi) is 8.14. The highest BCUT2D eigenvalue weighted by Gasteiger charge is 2.19. The van der Waals surface area contributed by atoms with Gasteiger partial charge in [0.05, 0.1) is 19.4 Å². The summed E-state index contributed by atoms with van der Waals surface area (Å²) in [4.78, 5) is 24.2. The third-order valence-corrected chi connectivity index (χ3v) is 4.12. The van der Waals surface area contributed by atoms with Crippen LogP contribution in [0.25, 0.3) is 0 Å². The number of carbonyl (C=O) groups excluding carboxylic acids is 2. The van der Waals surface area contributed by atoms with Gasteiger partial charge in [0.15, 0.2) is 6.10 Å². The number of benzene rings is 2. The van der Waals surface area contributed by atoms with Gasteiger partial charge < -0.3 is 19.5 Å². The maximum Gasteiger partial charge on any atom is 0.306 e. The number of carbonyl (C=O) groups is 2. The Morgan fingerprint density at radius 1 is 1.18 bits per heavy atom. The summed E-state index contributed by atoms with van der Waals surface area (Å²) in [6, 6.07) is 12.5. The van der Waals surface area contributed by atoms with Crippen molar-refractivity contribution in [3.63, 3.8) is 0 Å². The number of halogens is 1. The molecule has 0 radical (unpaired) electrons. The van der Waals surface area contributed by atoms with Crippen LogP contribution in [0.4, 0.5) is 5.69 Å². The molecular weight excluding hydrogens is 382 g/mol. The Bertz CT molecular complexity index is 824. The third-order valence-electron chi connectivity index (χ3n) is 3.88. The molecule has 0 aromatic heterocycles. The summed E-state index contributed by atoms with van der Waals surface area (Å²) < 4.78 is 15.9. The van der Waals surface area contributed by atoms with Gasteiger partial charge in [-0.3, -0.25) is 9.59 Å². The molecule has 2 aromatic carbocycles. The average Bonchev–Trinajstić information content (AvgIpc) is 2.65. The van der Waals surface area contributed by atoms with E-state index < -0.39 is 18.0 Å². The van der Waals surface area contributed by atoms with Crippen LogP contribution < -0.4 is 14.8 Å². The molecule has 0 spiro atoms. The van der Waals surface area contributed by atoms with Gasteiger partial charge >= 0.3 is 5.97 Å². The Hall–Kier alpha value is -2.73. The molecule has 0 fully saturated rings. The van der Waals surface area contributed by atoms with Crippen LogP contribution >= 0.6 is 11.6 Å². The number of methoxy groups -OCH3 is 1. The molecule has 0 aliphatic rings. The van der Waals surface area contributed by atoms with Gasteiger partial charge in [0.2, 0.25) is 0 Å². The molecule has 28 heavy (non-hydrogen) atoms. The highest BCUT2D eigenvalue weighted by atomic mass is 35.5. The molecule has 0 bridgehead atoms. The van der Waals surface area contributed by atoms with Crippen LogP contribution in [0.2, 0.25) is 5.02 Å². The van der Waals surface area contributed by atoms with E-state index in [-0.39, 0.29) is 6.42 Å². The summed E-state index contributed by atoms with van der Waals surface area (Å²) in [5.41, 5.74) is 1.52. The second-order valence-corrected chi connectivity index (χ2v) is 6.67. The van der Waals surface area contributed by atoms with E-state index in [9.17, 15) is 9.59 Å². The minimum absolute atomic E-state index is 0.157. The van der Waals surface area contributed by atoms with Crippen LogP contribution in [0.1, 0.15) is 25.3 Å². The van der Waals surface area contributed by atoms with E-state index in [0.29, 0.717) is 29.5 Å². The number of hydrogen-bond acceptors (Lipinski definition) is 5. The third kappa shape index (κ3) is 6.78. The zero-order valence-corrected chi connectivity index (χ0v) is 16.9.